The Hall–Kier alpha value is -2.68. The van der Waals surface area contributed by atoms with Crippen LogP contribution in [0.2, 0.25) is 0 Å². The molecule has 1 aliphatic heterocycles. The number of fused-ring (bicyclic) bond motifs is 1. The maximum absolute atomic E-state index is 10.3. The fourth-order valence-electron chi connectivity index (χ4n) is 3.55. The highest BCUT2D eigenvalue weighted by molar-refractivity contribution is 5.51. The number of para-hydroxylation sites is 1. The van der Waals surface area contributed by atoms with E-state index in [-0.39, 0.29) is 6.10 Å². The van der Waals surface area contributed by atoms with E-state index in [0.29, 0.717) is 68.3 Å². The summed E-state index contributed by atoms with van der Waals surface area (Å²) in [6, 6.07) is 11.7. The van der Waals surface area contributed by atoms with Gasteiger partial charge in [-0.25, -0.2) is 0 Å². The highest BCUT2D eigenvalue weighted by Crippen LogP contribution is 2.36. The molecule has 0 spiro atoms. The highest BCUT2D eigenvalue weighted by Gasteiger charge is 2.21. The van der Waals surface area contributed by atoms with Crippen LogP contribution in [0.15, 0.2) is 36.4 Å². The van der Waals surface area contributed by atoms with E-state index in [4.69, 9.17) is 23.7 Å². The first-order chi connectivity index (χ1) is 16.0. The van der Waals surface area contributed by atoms with Gasteiger partial charge >= 0.3 is 0 Å². The van der Waals surface area contributed by atoms with Gasteiger partial charge in [0.2, 0.25) is 5.75 Å². The van der Waals surface area contributed by atoms with Crippen molar-refractivity contribution in [3.05, 3.63) is 42.0 Å². The van der Waals surface area contributed by atoms with Gasteiger partial charge in [0.1, 0.15) is 19.3 Å². The third-order valence-corrected chi connectivity index (χ3v) is 5.24. The van der Waals surface area contributed by atoms with E-state index >= 15 is 0 Å². The molecular weight excluding hydrogens is 424 g/mol. The fourth-order valence-corrected chi connectivity index (χ4v) is 3.55. The van der Waals surface area contributed by atoms with Gasteiger partial charge in [-0.1, -0.05) is 26.0 Å². The zero-order chi connectivity index (χ0) is 23.6. The maximum Gasteiger partial charge on any atom is 0.203 e. The first-order valence-electron chi connectivity index (χ1n) is 11.4. The van der Waals surface area contributed by atoms with Gasteiger partial charge in [0.05, 0.1) is 20.3 Å². The molecule has 2 aromatic rings. The van der Waals surface area contributed by atoms with Crippen molar-refractivity contribution < 1.29 is 28.8 Å². The van der Waals surface area contributed by atoms with Gasteiger partial charge in [0, 0.05) is 25.7 Å². The average Bonchev–Trinajstić information content (AvgIpc) is 2.82. The number of benzene rings is 2. The van der Waals surface area contributed by atoms with Crippen LogP contribution in [-0.2, 0) is 6.42 Å². The standard InChI is InChI=1S/C25H36N2O6/c1-17(2)27-14-19(28)12-18-8-9-21-24(13-18)33-20(16-32-21)15-26-10-11-31-25-22(29-3)6-5-7-23(25)30-4/h5-9,13,17,19-20,26-28H,10-12,14-16H2,1-4H3/t19-,20-/m0/s1. The van der Waals surface area contributed by atoms with E-state index in [2.05, 4.69) is 24.5 Å². The number of hydrogen-bond acceptors (Lipinski definition) is 8. The molecule has 0 aliphatic carbocycles. The molecule has 2 aromatic carbocycles. The molecule has 0 unspecified atom stereocenters. The Morgan fingerprint density at radius 2 is 1.85 bits per heavy atom. The number of aliphatic hydroxyl groups excluding tert-OH is 1. The summed E-state index contributed by atoms with van der Waals surface area (Å²) in [6.45, 7) is 6.86. The van der Waals surface area contributed by atoms with Crippen LogP contribution in [0.4, 0.5) is 0 Å². The molecule has 8 nitrogen and oxygen atoms in total. The summed E-state index contributed by atoms with van der Waals surface area (Å²) < 4.78 is 28.6. The van der Waals surface area contributed by atoms with Crippen LogP contribution in [0.25, 0.3) is 0 Å². The lowest BCUT2D eigenvalue weighted by atomic mass is 10.1. The quantitative estimate of drug-likeness (QED) is 0.393. The third-order valence-electron chi connectivity index (χ3n) is 5.24. The van der Waals surface area contributed by atoms with E-state index < -0.39 is 6.10 Å². The molecule has 3 rings (SSSR count). The number of methoxy groups -OCH3 is 2. The van der Waals surface area contributed by atoms with E-state index in [1.807, 2.05) is 36.4 Å². The van der Waals surface area contributed by atoms with E-state index in [9.17, 15) is 5.11 Å². The molecule has 8 heteroatoms. The summed E-state index contributed by atoms with van der Waals surface area (Å²) in [4.78, 5) is 0. The molecule has 0 radical (unpaired) electrons. The van der Waals surface area contributed by atoms with Crippen LogP contribution >= 0.6 is 0 Å². The molecule has 0 aromatic heterocycles. The van der Waals surface area contributed by atoms with E-state index in [1.54, 1.807) is 14.2 Å². The molecule has 0 amide bonds. The van der Waals surface area contributed by atoms with Gasteiger partial charge in [0.25, 0.3) is 0 Å². The topological polar surface area (TPSA) is 90.4 Å². The molecule has 3 N–H and O–H groups in total. The van der Waals surface area contributed by atoms with Crippen LogP contribution in [-0.4, -0.2) is 70.4 Å². The van der Waals surface area contributed by atoms with Gasteiger partial charge < -0.3 is 39.4 Å². The van der Waals surface area contributed by atoms with Gasteiger partial charge in [-0.2, -0.15) is 0 Å². The summed E-state index contributed by atoms with van der Waals surface area (Å²) in [5.74, 6) is 3.31. The Kier molecular flexibility index (Phi) is 9.47. The number of ether oxygens (including phenoxy) is 5. The first kappa shape index (κ1) is 25.0. The van der Waals surface area contributed by atoms with Gasteiger partial charge in [-0.05, 0) is 36.2 Å². The Bertz CT molecular complexity index is 854. The molecule has 0 saturated heterocycles. The maximum atomic E-state index is 10.3. The average molecular weight is 461 g/mol. The highest BCUT2D eigenvalue weighted by atomic mass is 16.6. The second-order valence-corrected chi connectivity index (χ2v) is 8.30. The van der Waals surface area contributed by atoms with Crippen LogP contribution < -0.4 is 34.3 Å². The minimum Gasteiger partial charge on any atom is -0.493 e. The van der Waals surface area contributed by atoms with Crippen molar-refractivity contribution in [1.29, 1.82) is 0 Å². The van der Waals surface area contributed by atoms with Gasteiger partial charge in [0.15, 0.2) is 23.0 Å². The third kappa shape index (κ3) is 7.42. The second kappa shape index (κ2) is 12.5. The summed E-state index contributed by atoms with van der Waals surface area (Å²) in [5.41, 5.74) is 1.02. The van der Waals surface area contributed by atoms with Crippen LogP contribution in [0.3, 0.4) is 0 Å². The first-order valence-corrected chi connectivity index (χ1v) is 11.4. The van der Waals surface area contributed by atoms with E-state index in [0.717, 1.165) is 11.3 Å². The van der Waals surface area contributed by atoms with Crippen LogP contribution in [0.5, 0.6) is 28.7 Å². The zero-order valence-corrected chi connectivity index (χ0v) is 19.9. The molecule has 1 aliphatic rings. The molecule has 33 heavy (non-hydrogen) atoms. The molecule has 1 heterocycles. The number of nitrogens with one attached hydrogen (secondary N) is 2. The van der Waals surface area contributed by atoms with Crippen molar-refractivity contribution in [2.75, 3.05) is 47.1 Å². The van der Waals surface area contributed by atoms with Crippen molar-refractivity contribution >= 4 is 0 Å². The zero-order valence-electron chi connectivity index (χ0n) is 19.9. The number of rotatable bonds is 13. The van der Waals surface area contributed by atoms with Crippen molar-refractivity contribution in [3.63, 3.8) is 0 Å². The second-order valence-electron chi connectivity index (χ2n) is 8.30. The summed E-state index contributed by atoms with van der Waals surface area (Å²) >= 11 is 0. The van der Waals surface area contributed by atoms with Gasteiger partial charge in [-0.15, -0.1) is 0 Å². The molecule has 0 fully saturated rings. The summed E-state index contributed by atoms with van der Waals surface area (Å²) in [6.07, 6.45) is -0.00129. The van der Waals surface area contributed by atoms with Gasteiger partial charge in [-0.3, -0.25) is 0 Å². The van der Waals surface area contributed by atoms with Crippen LogP contribution in [0, 0.1) is 0 Å². The normalized spacial score (nSPS) is 15.9. The predicted molar refractivity (Wildman–Crippen MR) is 127 cm³/mol. The van der Waals surface area contributed by atoms with Crippen LogP contribution in [0.1, 0.15) is 19.4 Å². The number of aliphatic hydroxyl groups is 1. The predicted octanol–water partition coefficient (Wildman–Crippen LogP) is 2.41. The Balaban J connectivity index is 1.44. The summed E-state index contributed by atoms with van der Waals surface area (Å²) in [5, 5.41) is 16.8. The molecule has 182 valence electrons. The van der Waals surface area contributed by atoms with Crippen molar-refractivity contribution in [2.24, 2.45) is 0 Å². The lowest BCUT2D eigenvalue weighted by Crippen LogP contribution is -2.39. The minimum absolute atomic E-state index is 0.110. The monoisotopic (exact) mass is 460 g/mol. The number of hydrogen-bond donors (Lipinski definition) is 3. The smallest absolute Gasteiger partial charge is 0.203 e. The largest absolute Gasteiger partial charge is 0.493 e. The molecular formula is C25H36N2O6. The van der Waals surface area contributed by atoms with Crippen molar-refractivity contribution in [1.82, 2.24) is 10.6 Å². The lowest BCUT2D eigenvalue weighted by molar-refractivity contribution is 0.0893. The Morgan fingerprint density at radius 3 is 2.55 bits per heavy atom. The van der Waals surface area contributed by atoms with Crippen molar-refractivity contribution in [2.45, 2.75) is 38.5 Å². The van der Waals surface area contributed by atoms with Crippen molar-refractivity contribution in [3.8, 4) is 28.7 Å². The van der Waals surface area contributed by atoms with E-state index in [1.165, 1.54) is 0 Å². The minimum atomic E-state index is -0.450. The summed E-state index contributed by atoms with van der Waals surface area (Å²) in [7, 11) is 3.21. The molecule has 0 bridgehead atoms. The fraction of sp³-hybridized carbons (Fsp3) is 0.520. The molecule has 2 atom stereocenters. The Morgan fingerprint density at radius 1 is 1.09 bits per heavy atom. The molecule has 0 saturated carbocycles. The SMILES string of the molecule is COc1cccc(OC)c1OCCNC[C@H]1COc2ccc(C[C@H](O)CNC(C)C)cc2O1. The Labute approximate surface area is 196 Å². The lowest BCUT2D eigenvalue weighted by Gasteiger charge is -2.27.